The first-order valence-electron chi connectivity index (χ1n) is 11.5. The molecule has 0 N–H and O–H groups in total. The molecular weight excluding hydrogens is 388 g/mol. The molecule has 6 atom stereocenters. The molecule has 3 saturated carbocycles. The summed E-state index contributed by atoms with van der Waals surface area (Å²) in [6.07, 6.45) is 4.83. The largest absolute Gasteiger partial charge is 0.454 e. The van der Waals surface area contributed by atoms with Crippen molar-refractivity contribution in [2.24, 2.45) is 22.7 Å². The molecule has 0 radical (unpaired) electrons. The van der Waals surface area contributed by atoms with Gasteiger partial charge in [0.05, 0.1) is 11.1 Å². The van der Waals surface area contributed by atoms with E-state index in [9.17, 15) is 9.59 Å². The molecule has 3 aliphatic carbocycles. The minimum absolute atomic E-state index is 0.175. The maximum atomic E-state index is 13.0. The summed E-state index contributed by atoms with van der Waals surface area (Å²) in [5.41, 5.74) is 0.720. The molecule has 3 aliphatic rings. The molecule has 162 valence electrons. The van der Waals surface area contributed by atoms with Gasteiger partial charge in [0, 0.05) is 10.8 Å². The fourth-order valence-electron chi connectivity index (χ4n) is 7.02. The second-order valence-electron chi connectivity index (χ2n) is 10.1. The maximum Gasteiger partial charge on any atom is 0.338 e. The van der Waals surface area contributed by atoms with Crippen molar-refractivity contribution in [2.45, 2.75) is 58.2 Å². The number of hydrogen-bond donors (Lipinski definition) is 0. The number of esters is 2. The first-order chi connectivity index (χ1) is 14.9. The summed E-state index contributed by atoms with van der Waals surface area (Å²) in [5, 5.41) is 0. The summed E-state index contributed by atoms with van der Waals surface area (Å²) in [4.78, 5) is 26.0. The molecule has 4 heteroatoms. The van der Waals surface area contributed by atoms with Gasteiger partial charge in [-0.1, -0.05) is 63.1 Å². The molecule has 5 rings (SSSR count). The molecule has 0 aromatic heterocycles. The van der Waals surface area contributed by atoms with Crippen molar-refractivity contribution in [3.05, 3.63) is 71.8 Å². The molecule has 0 aliphatic heterocycles. The van der Waals surface area contributed by atoms with E-state index >= 15 is 0 Å². The van der Waals surface area contributed by atoms with Crippen LogP contribution < -0.4 is 0 Å². The Morgan fingerprint density at radius 2 is 1.10 bits per heavy atom. The minimum atomic E-state index is -0.433. The van der Waals surface area contributed by atoms with Gasteiger partial charge in [-0.05, 0) is 55.4 Å². The Bertz CT molecular complexity index is 892. The number of ether oxygens (including phenoxy) is 2. The van der Waals surface area contributed by atoms with Crippen LogP contribution in [0.15, 0.2) is 60.7 Å². The zero-order valence-electron chi connectivity index (χ0n) is 18.3. The smallest absolute Gasteiger partial charge is 0.338 e. The third-order valence-electron chi connectivity index (χ3n) is 8.28. The Hall–Kier alpha value is -2.62. The molecule has 3 fully saturated rings. The van der Waals surface area contributed by atoms with E-state index in [0.29, 0.717) is 23.0 Å². The Labute approximate surface area is 183 Å². The summed E-state index contributed by atoms with van der Waals surface area (Å²) in [6, 6.07) is 18.2. The average molecular weight is 419 g/mol. The van der Waals surface area contributed by atoms with Crippen molar-refractivity contribution < 1.29 is 19.1 Å². The molecule has 31 heavy (non-hydrogen) atoms. The molecule has 0 saturated heterocycles. The Kier molecular flexibility index (Phi) is 4.91. The zero-order chi connectivity index (χ0) is 21.6. The third kappa shape index (κ3) is 3.19. The van der Waals surface area contributed by atoms with Crippen LogP contribution in [0.5, 0.6) is 0 Å². The Balaban J connectivity index is 1.48. The lowest BCUT2D eigenvalue weighted by Gasteiger charge is -2.50. The molecule has 0 spiro atoms. The predicted molar refractivity (Wildman–Crippen MR) is 118 cm³/mol. The SMILES string of the molecule is CC12CC(C)(C3CCCCC31)C(OC(=O)c1ccccc1)C2OC(=O)c1ccccc1. The van der Waals surface area contributed by atoms with Gasteiger partial charge in [-0.2, -0.15) is 0 Å². The van der Waals surface area contributed by atoms with Gasteiger partial charge in [0.15, 0.2) is 0 Å². The highest BCUT2D eigenvalue weighted by atomic mass is 16.6. The number of hydrogen-bond acceptors (Lipinski definition) is 4. The predicted octanol–water partition coefficient (Wildman–Crippen LogP) is 5.67. The van der Waals surface area contributed by atoms with Gasteiger partial charge in [-0.3, -0.25) is 0 Å². The van der Waals surface area contributed by atoms with Crippen LogP contribution in [0.2, 0.25) is 0 Å². The number of rotatable bonds is 4. The lowest BCUT2D eigenvalue weighted by atomic mass is 9.60. The molecule has 0 amide bonds. The quantitative estimate of drug-likeness (QED) is 0.600. The van der Waals surface area contributed by atoms with E-state index in [-0.39, 0.29) is 22.8 Å². The van der Waals surface area contributed by atoms with Gasteiger partial charge in [0.25, 0.3) is 0 Å². The zero-order valence-corrected chi connectivity index (χ0v) is 18.3. The van der Waals surface area contributed by atoms with Crippen molar-refractivity contribution in [3.63, 3.8) is 0 Å². The monoisotopic (exact) mass is 418 g/mol. The summed E-state index contributed by atoms with van der Waals surface area (Å²) >= 11 is 0. The highest BCUT2D eigenvalue weighted by Gasteiger charge is 2.73. The van der Waals surface area contributed by atoms with Crippen LogP contribution in [0.25, 0.3) is 0 Å². The molecule has 6 unspecified atom stereocenters. The third-order valence-corrected chi connectivity index (χ3v) is 8.28. The summed E-state index contributed by atoms with van der Waals surface area (Å²) < 4.78 is 12.4. The molecule has 2 aromatic carbocycles. The van der Waals surface area contributed by atoms with Gasteiger partial charge >= 0.3 is 11.9 Å². The molecule has 2 bridgehead atoms. The highest BCUT2D eigenvalue weighted by molar-refractivity contribution is 5.90. The first kappa shape index (κ1) is 20.3. The van der Waals surface area contributed by atoms with Crippen molar-refractivity contribution in [1.29, 1.82) is 0 Å². The molecule has 2 aromatic rings. The second-order valence-corrected chi connectivity index (χ2v) is 10.1. The van der Waals surface area contributed by atoms with Crippen LogP contribution in [0.4, 0.5) is 0 Å². The first-order valence-corrected chi connectivity index (χ1v) is 11.5. The molecular formula is C27H30O4. The van der Waals surface area contributed by atoms with Crippen LogP contribution in [0.3, 0.4) is 0 Å². The Morgan fingerprint density at radius 1 is 0.710 bits per heavy atom. The van der Waals surface area contributed by atoms with E-state index in [2.05, 4.69) is 13.8 Å². The van der Waals surface area contributed by atoms with Crippen molar-refractivity contribution in [3.8, 4) is 0 Å². The van der Waals surface area contributed by atoms with E-state index in [4.69, 9.17) is 9.47 Å². The standard InChI is InChI=1S/C27H30O4/c1-26-17-27(2,21-16-10-9-15-20(21)26)23(31-25(29)19-13-7-4-8-14-19)22(26)30-24(28)18-11-5-3-6-12-18/h3-8,11-14,20-23H,9-10,15-17H2,1-2H3. The van der Waals surface area contributed by atoms with Crippen LogP contribution in [0, 0.1) is 22.7 Å². The minimum Gasteiger partial charge on any atom is -0.454 e. The van der Waals surface area contributed by atoms with Crippen LogP contribution in [-0.4, -0.2) is 24.1 Å². The van der Waals surface area contributed by atoms with Gasteiger partial charge in [-0.25, -0.2) is 9.59 Å². The number of benzene rings is 2. The highest BCUT2D eigenvalue weighted by Crippen LogP contribution is 2.71. The second kappa shape index (κ2) is 7.51. The van der Waals surface area contributed by atoms with Gasteiger partial charge in [0.1, 0.15) is 12.2 Å². The van der Waals surface area contributed by atoms with Gasteiger partial charge < -0.3 is 9.47 Å². The summed E-state index contributed by atoms with van der Waals surface area (Å²) in [7, 11) is 0. The van der Waals surface area contributed by atoms with Crippen molar-refractivity contribution >= 4 is 11.9 Å². The number of carbonyl (C=O) groups is 2. The molecule has 0 heterocycles. The van der Waals surface area contributed by atoms with Gasteiger partial charge in [-0.15, -0.1) is 0 Å². The van der Waals surface area contributed by atoms with Crippen LogP contribution >= 0.6 is 0 Å². The lowest BCUT2D eigenvalue weighted by Crippen LogP contribution is -2.55. The summed E-state index contributed by atoms with van der Waals surface area (Å²) in [5.74, 6) is 0.338. The lowest BCUT2D eigenvalue weighted by molar-refractivity contribution is -0.135. The average Bonchev–Trinajstić information content (AvgIpc) is 3.17. The summed E-state index contributed by atoms with van der Waals surface area (Å²) in [6.45, 7) is 4.50. The molecule has 4 nitrogen and oxygen atoms in total. The van der Waals surface area contributed by atoms with E-state index in [1.807, 2.05) is 36.4 Å². The van der Waals surface area contributed by atoms with Crippen LogP contribution in [0.1, 0.15) is 66.7 Å². The van der Waals surface area contributed by atoms with Crippen molar-refractivity contribution in [1.82, 2.24) is 0 Å². The van der Waals surface area contributed by atoms with E-state index in [1.54, 1.807) is 24.3 Å². The fraction of sp³-hybridized carbons (Fsp3) is 0.481. The number of carbonyl (C=O) groups excluding carboxylic acids is 2. The normalized spacial score (nSPS) is 35.9. The van der Waals surface area contributed by atoms with E-state index < -0.39 is 12.2 Å². The van der Waals surface area contributed by atoms with Gasteiger partial charge in [0.2, 0.25) is 0 Å². The van der Waals surface area contributed by atoms with Crippen molar-refractivity contribution in [2.75, 3.05) is 0 Å². The topological polar surface area (TPSA) is 52.6 Å². The van der Waals surface area contributed by atoms with E-state index in [1.165, 1.54) is 12.8 Å². The Morgan fingerprint density at radius 3 is 1.48 bits per heavy atom. The van der Waals surface area contributed by atoms with Crippen LogP contribution in [-0.2, 0) is 9.47 Å². The number of fused-ring (bicyclic) bond motifs is 5. The van der Waals surface area contributed by atoms with E-state index in [0.717, 1.165) is 19.3 Å². The fourth-order valence-corrected chi connectivity index (χ4v) is 7.02. The maximum absolute atomic E-state index is 13.0.